The highest BCUT2D eigenvalue weighted by Crippen LogP contribution is 2.29. The second kappa shape index (κ2) is 5.87. The van der Waals surface area contributed by atoms with Gasteiger partial charge >= 0.3 is 0 Å². The highest BCUT2D eigenvalue weighted by Gasteiger charge is 2.18. The molecule has 0 spiro atoms. The van der Waals surface area contributed by atoms with Crippen molar-refractivity contribution in [2.75, 3.05) is 11.9 Å². The summed E-state index contributed by atoms with van der Waals surface area (Å²) in [6.07, 6.45) is 6.69. The quantitative estimate of drug-likeness (QED) is 0.919. The Labute approximate surface area is 112 Å². The van der Waals surface area contributed by atoms with E-state index in [0.29, 0.717) is 6.04 Å². The van der Waals surface area contributed by atoms with Crippen LogP contribution in [0.3, 0.4) is 0 Å². The molecule has 1 saturated carbocycles. The molecule has 0 amide bonds. The first-order chi connectivity index (χ1) is 8.22. The zero-order valence-electron chi connectivity index (χ0n) is 10.3. The Morgan fingerprint density at radius 3 is 2.59 bits per heavy atom. The molecule has 0 atom stereocenters. The third kappa shape index (κ3) is 3.02. The Bertz CT molecular complexity index is 374. The number of aliphatic hydroxyl groups is 1. The Morgan fingerprint density at radius 1 is 1.29 bits per heavy atom. The summed E-state index contributed by atoms with van der Waals surface area (Å²) in [4.78, 5) is 2.38. The summed E-state index contributed by atoms with van der Waals surface area (Å²) in [7, 11) is 2.18. The first-order valence-corrected chi connectivity index (χ1v) is 7.14. The average Bonchev–Trinajstić information content (AvgIpc) is 2.39. The highest BCUT2D eigenvalue weighted by molar-refractivity contribution is 9.10. The van der Waals surface area contributed by atoms with Crippen LogP contribution in [0.5, 0.6) is 0 Å². The van der Waals surface area contributed by atoms with Gasteiger partial charge in [0.05, 0.1) is 6.61 Å². The molecule has 2 nitrogen and oxygen atoms in total. The normalized spacial score (nSPS) is 17.1. The number of benzene rings is 1. The number of nitrogens with zero attached hydrogens (tertiary/aromatic N) is 1. The number of hydrogen-bond acceptors (Lipinski definition) is 2. The maximum atomic E-state index is 9.15. The summed E-state index contributed by atoms with van der Waals surface area (Å²) >= 11 is 3.51. The van der Waals surface area contributed by atoms with E-state index in [1.807, 2.05) is 6.07 Å². The molecule has 94 valence electrons. The van der Waals surface area contributed by atoms with Gasteiger partial charge in [0, 0.05) is 23.2 Å². The van der Waals surface area contributed by atoms with Gasteiger partial charge in [-0.15, -0.1) is 0 Å². The largest absolute Gasteiger partial charge is 0.392 e. The first-order valence-electron chi connectivity index (χ1n) is 6.34. The number of anilines is 1. The lowest BCUT2D eigenvalue weighted by Crippen LogP contribution is -2.33. The smallest absolute Gasteiger partial charge is 0.0692 e. The molecule has 1 aromatic carbocycles. The first kappa shape index (κ1) is 12.9. The van der Waals surface area contributed by atoms with Gasteiger partial charge in [0.1, 0.15) is 0 Å². The summed E-state index contributed by atoms with van der Waals surface area (Å²) in [6, 6.07) is 6.89. The molecular formula is C14H20BrNO. The van der Waals surface area contributed by atoms with E-state index in [2.05, 4.69) is 40.0 Å². The second-order valence-electron chi connectivity index (χ2n) is 4.84. The van der Waals surface area contributed by atoms with Crippen molar-refractivity contribution in [2.24, 2.45) is 0 Å². The second-order valence-corrected chi connectivity index (χ2v) is 5.69. The molecule has 0 aromatic heterocycles. The van der Waals surface area contributed by atoms with Crippen molar-refractivity contribution >= 4 is 21.6 Å². The van der Waals surface area contributed by atoms with Crippen LogP contribution in [0.15, 0.2) is 22.7 Å². The Kier molecular flexibility index (Phi) is 4.46. The van der Waals surface area contributed by atoms with Crippen LogP contribution < -0.4 is 4.90 Å². The van der Waals surface area contributed by atoms with Gasteiger partial charge in [-0.3, -0.25) is 0 Å². The standard InChI is InChI=1S/C14H20BrNO/c1-16(12-5-3-2-4-6-12)13-8-7-11(10-17)14(15)9-13/h7-9,12,17H,2-6,10H2,1H3. The molecule has 0 saturated heterocycles. The van der Waals surface area contributed by atoms with Gasteiger partial charge in [-0.2, -0.15) is 0 Å². The SMILES string of the molecule is CN(c1ccc(CO)c(Br)c1)C1CCCCC1. The summed E-state index contributed by atoms with van der Waals surface area (Å²) in [6.45, 7) is 0.0913. The molecule has 0 radical (unpaired) electrons. The zero-order chi connectivity index (χ0) is 12.3. The molecule has 3 heteroatoms. The van der Waals surface area contributed by atoms with Gasteiger partial charge < -0.3 is 10.0 Å². The van der Waals surface area contributed by atoms with Crippen LogP contribution in [-0.4, -0.2) is 18.2 Å². The molecular weight excluding hydrogens is 278 g/mol. The molecule has 2 rings (SSSR count). The third-order valence-electron chi connectivity index (χ3n) is 3.74. The lowest BCUT2D eigenvalue weighted by Gasteiger charge is -2.33. The highest BCUT2D eigenvalue weighted by atomic mass is 79.9. The number of aliphatic hydroxyl groups excluding tert-OH is 1. The van der Waals surface area contributed by atoms with Gasteiger partial charge in [-0.25, -0.2) is 0 Å². The molecule has 0 heterocycles. The van der Waals surface area contributed by atoms with E-state index in [4.69, 9.17) is 5.11 Å². The fourth-order valence-corrected chi connectivity index (χ4v) is 3.06. The summed E-state index contributed by atoms with van der Waals surface area (Å²) < 4.78 is 1.00. The number of halogens is 1. The zero-order valence-corrected chi connectivity index (χ0v) is 11.9. The van der Waals surface area contributed by atoms with Crippen LogP contribution >= 0.6 is 15.9 Å². The molecule has 17 heavy (non-hydrogen) atoms. The molecule has 0 unspecified atom stereocenters. The molecule has 1 aliphatic rings. The van der Waals surface area contributed by atoms with Crippen LogP contribution in [-0.2, 0) is 6.61 Å². The van der Waals surface area contributed by atoms with E-state index >= 15 is 0 Å². The molecule has 1 aliphatic carbocycles. The van der Waals surface area contributed by atoms with Gasteiger partial charge in [0.2, 0.25) is 0 Å². The topological polar surface area (TPSA) is 23.5 Å². The van der Waals surface area contributed by atoms with Crippen LogP contribution in [0.2, 0.25) is 0 Å². The van der Waals surface area contributed by atoms with Crippen LogP contribution in [0, 0.1) is 0 Å². The fraction of sp³-hybridized carbons (Fsp3) is 0.571. The monoisotopic (exact) mass is 297 g/mol. The minimum atomic E-state index is 0.0913. The van der Waals surface area contributed by atoms with E-state index < -0.39 is 0 Å². The van der Waals surface area contributed by atoms with E-state index in [0.717, 1.165) is 10.0 Å². The molecule has 1 fully saturated rings. The van der Waals surface area contributed by atoms with Crippen LogP contribution in [0.25, 0.3) is 0 Å². The summed E-state index contributed by atoms with van der Waals surface area (Å²) in [5.41, 5.74) is 2.19. The lowest BCUT2D eigenvalue weighted by atomic mass is 9.94. The Hall–Kier alpha value is -0.540. The summed E-state index contributed by atoms with van der Waals surface area (Å²) in [5.74, 6) is 0. The van der Waals surface area contributed by atoms with Crippen molar-refractivity contribution in [2.45, 2.75) is 44.8 Å². The van der Waals surface area contributed by atoms with Crippen molar-refractivity contribution in [1.29, 1.82) is 0 Å². The van der Waals surface area contributed by atoms with E-state index in [1.165, 1.54) is 37.8 Å². The fourth-order valence-electron chi connectivity index (χ4n) is 2.56. The van der Waals surface area contributed by atoms with Gasteiger partial charge in [-0.1, -0.05) is 41.3 Å². The van der Waals surface area contributed by atoms with Crippen molar-refractivity contribution < 1.29 is 5.11 Å². The van der Waals surface area contributed by atoms with Crippen molar-refractivity contribution in [3.05, 3.63) is 28.2 Å². The van der Waals surface area contributed by atoms with Crippen molar-refractivity contribution in [3.8, 4) is 0 Å². The maximum Gasteiger partial charge on any atom is 0.0692 e. The molecule has 1 N–H and O–H groups in total. The Balaban J connectivity index is 2.12. The predicted octanol–water partition coefficient (Wildman–Crippen LogP) is 3.71. The van der Waals surface area contributed by atoms with Gasteiger partial charge in [0.15, 0.2) is 0 Å². The van der Waals surface area contributed by atoms with E-state index in [9.17, 15) is 0 Å². The lowest BCUT2D eigenvalue weighted by molar-refractivity contribution is 0.281. The van der Waals surface area contributed by atoms with Gasteiger partial charge in [0.25, 0.3) is 0 Å². The van der Waals surface area contributed by atoms with Crippen LogP contribution in [0.1, 0.15) is 37.7 Å². The summed E-state index contributed by atoms with van der Waals surface area (Å²) in [5, 5.41) is 9.15. The number of rotatable bonds is 3. The Morgan fingerprint density at radius 2 is 2.00 bits per heavy atom. The van der Waals surface area contributed by atoms with Crippen molar-refractivity contribution in [3.63, 3.8) is 0 Å². The molecule has 0 bridgehead atoms. The third-order valence-corrected chi connectivity index (χ3v) is 4.47. The average molecular weight is 298 g/mol. The van der Waals surface area contributed by atoms with Crippen molar-refractivity contribution in [1.82, 2.24) is 0 Å². The maximum absolute atomic E-state index is 9.15. The predicted molar refractivity (Wildman–Crippen MR) is 75.3 cm³/mol. The van der Waals surface area contributed by atoms with Gasteiger partial charge in [-0.05, 0) is 30.5 Å². The number of hydrogen-bond donors (Lipinski definition) is 1. The molecule has 0 aliphatic heterocycles. The molecule has 1 aromatic rings. The minimum Gasteiger partial charge on any atom is -0.392 e. The van der Waals surface area contributed by atoms with E-state index in [1.54, 1.807) is 0 Å². The van der Waals surface area contributed by atoms with Crippen LogP contribution in [0.4, 0.5) is 5.69 Å². The van der Waals surface area contributed by atoms with E-state index in [-0.39, 0.29) is 6.61 Å². The minimum absolute atomic E-state index is 0.0913.